The molecule has 0 heterocycles. The number of halogens is 1. The minimum absolute atomic E-state index is 0.128. The quantitative estimate of drug-likeness (QED) is 0.646. The molecule has 0 saturated carbocycles. The first-order chi connectivity index (χ1) is 8.93. The van der Waals surface area contributed by atoms with Crippen LogP contribution in [0.1, 0.15) is 6.92 Å². The Kier molecular flexibility index (Phi) is 5.91. The van der Waals surface area contributed by atoms with E-state index in [-0.39, 0.29) is 21.6 Å². The summed E-state index contributed by atoms with van der Waals surface area (Å²) in [5.41, 5.74) is 0.0855. The molecule has 1 rings (SSSR count). The summed E-state index contributed by atoms with van der Waals surface area (Å²) in [4.78, 5) is 21.7. The van der Waals surface area contributed by atoms with E-state index in [9.17, 15) is 14.9 Å². The number of thioether (sulfide) groups is 1. The summed E-state index contributed by atoms with van der Waals surface area (Å²) in [7, 11) is 0. The molecule has 1 atom stereocenters. The molecule has 0 saturated heterocycles. The number of amides is 2. The van der Waals surface area contributed by atoms with E-state index in [0.29, 0.717) is 6.54 Å². The van der Waals surface area contributed by atoms with Crippen molar-refractivity contribution < 1.29 is 9.72 Å². The number of benzene rings is 1. The molecule has 1 aromatic carbocycles. The number of anilines is 1. The molecular weight excluding hydrogens is 290 g/mol. The van der Waals surface area contributed by atoms with Gasteiger partial charge in [0.05, 0.1) is 15.6 Å². The number of nitro groups is 1. The summed E-state index contributed by atoms with van der Waals surface area (Å²) in [6.07, 6.45) is 1.95. The fourth-order valence-corrected chi connectivity index (χ4v) is 1.62. The lowest BCUT2D eigenvalue weighted by Gasteiger charge is -2.11. The number of nitrogens with zero attached hydrogens (tertiary/aromatic N) is 1. The third-order valence-corrected chi connectivity index (χ3v) is 3.66. The zero-order valence-corrected chi connectivity index (χ0v) is 12.0. The van der Waals surface area contributed by atoms with E-state index < -0.39 is 11.0 Å². The maximum absolute atomic E-state index is 11.6. The van der Waals surface area contributed by atoms with Crippen molar-refractivity contribution in [3.8, 4) is 0 Å². The van der Waals surface area contributed by atoms with E-state index in [1.807, 2.05) is 13.2 Å². The summed E-state index contributed by atoms with van der Waals surface area (Å²) in [6, 6.07) is 3.43. The van der Waals surface area contributed by atoms with Crippen LogP contribution in [-0.2, 0) is 0 Å². The van der Waals surface area contributed by atoms with Gasteiger partial charge in [-0.1, -0.05) is 18.5 Å². The first-order valence-electron chi connectivity index (χ1n) is 5.45. The highest BCUT2D eigenvalue weighted by atomic mass is 35.5. The van der Waals surface area contributed by atoms with Crippen LogP contribution in [0, 0.1) is 10.1 Å². The number of non-ortho nitro benzene ring substituents is 1. The molecule has 0 spiro atoms. The molecule has 2 N–H and O–H groups in total. The highest BCUT2D eigenvalue weighted by molar-refractivity contribution is 7.99. The third-order valence-electron chi connectivity index (χ3n) is 2.36. The van der Waals surface area contributed by atoms with Gasteiger partial charge in [0.1, 0.15) is 0 Å². The number of rotatable bonds is 5. The summed E-state index contributed by atoms with van der Waals surface area (Å²) in [6.45, 7) is 2.48. The Morgan fingerprint density at radius 3 is 2.84 bits per heavy atom. The first kappa shape index (κ1) is 15.6. The molecule has 0 aliphatic carbocycles. The van der Waals surface area contributed by atoms with Crippen LogP contribution in [0.3, 0.4) is 0 Å². The summed E-state index contributed by atoms with van der Waals surface area (Å²) < 4.78 is 0. The Balaban J connectivity index is 2.68. The lowest BCUT2D eigenvalue weighted by molar-refractivity contribution is -0.384. The molecule has 0 aliphatic heterocycles. The van der Waals surface area contributed by atoms with E-state index >= 15 is 0 Å². The summed E-state index contributed by atoms with van der Waals surface area (Å²) in [5, 5.41) is 16.3. The Bertz CT molecular complexity index is 484. The van der Waals surface area contributed by atoms with Crippen molar-refractivity contribution in [3.63, 3.8) is 0 Å². The van der Waals surface area contributed by atoms with Gasteiger partial charge in [-0.3, -0.25) is 10.1 Å². The van der Waals surface area contributed by atoms with Gasteiger partial charge < -0.3 is 10.6 Å². The van der Waals surface area contributed by atoms with Crippen LogP contribution in [0.25, 0.3) is 0 Å². The van der Waals surface area contributed by atoms with Crippen LogP contribution in [0.5, 0.6) is 0 Å². The van der Waals surface area contributed by atoms with Gasteiger partial charge in [0.25, 0.3) is 5.69 Å². The van der Waals surface area contributed by atoms with Crippen LogP contribution in [0.2, 0.25) is 5.02 Å². The maximum atomic E-state index is 11.6. The van der Waals surface area contributed by atoms with Gasteiger partial charge in [-0.25, -0.2) is 4.79 Å². The molecule has 0 aromatic heterocycles. The van der Waals surface area contributed by atoms with Crippen LogP contribution >= 0.6 is 23.4 Å². The number of urea groups is 1. The molecule has 6 nitrogen and oxygen atoms in total. The maximum Gasteiger partial charge on any atom is 0.319 e. The SMILES string of the molecule is CSC(C)CNC(=O)Nc1cc([N+](=O)[O-])ccc1Cl. The van der Waals surface area contributed by atoms with Crippen molar-refractivity contribution in [3.05, 3.63) is 33.3 Å². The van der Waals surface area contributed by atoms with Gasteiger partial charge >= 0.3 is 6.03 Å². The number of hydrogen-bond acceptors (Lipinski definition) is 4. The number of nitrogens with one attached hydrogen (secondary N) is 2. The minimum atomic E-state index is -0.546. The topological polar surface area (TPSA) is 84.3 Å². The van der Waals surface area contributed by atoms with Gasteiger partial charge in [0, 0.05) is 23.9 Å². The molecule has 104 valence electrons. The average molecular weight is 304 g/mol. The number of nitro benzene ring substituents is 1. The normalized spacial score (nSPS) is 11.7. The average Bonchev–Trinajstić information content (AvgIpc) is 2.38. The molecule has 0 bridgehead atoms. The van der Waals surface area contributed by atoms with Gasteiger partial charge in [0.2, 0.25) is 0 Å². The molecule has 0 fully saturated rings. The van der Waals surface area contributed by atoms with Crippen LogP contribution in [0.15, 0.2) is 18.2 Å². The Labute approximate surface area is 120 Å². The molecular formula is C11H14ClN3O3S. The lowest BCUT2D eigenvalue weighted by Crippen LogP contribution is -2.33. The van der Waals surface area contributed by atoms with E-state index in [4.69, 9.17) is 11.6 Å². The zero-order valence-electron chi connectivity index (χ0n) is 10.5. The largest absolute Gasteiger partial charge is 0.337 e. The highest BCUT2D eigenvalue weighted by Crippen LogP contribution is 2.26. The molecule has 1 unspecified atom stereocenters. The van der Waals surface area contributed by atoms with Crippen molar-refractivity contribution >= 4 is 40.8 Å². The predicted octanol–water partition coefficient (Wildman–Crippen LogP) is 3.12. The monoisotopic (exact) mass is 303 g/mol. The van der Waals surface area contributed by atoms with Crippen molar-refractivity contribution in [2.45, 2.75) is 12.2 Å². The van der Waals surface area contributed by atoms with Crippen LogP contribution in [-0.4, -0.2) is 29.0 Å². The fourth-order valence-electron chi connectivity index (χ4n) is 1.21. The molecule has 0 aliphatic rings. The summed E-state index contributed by atoms with van der Waals surface area (Å²) >= 11 is 7.49. The smallest absolute Gasteiger partial charge is 0.319 e. The molecule has 19 heavy (non-hydrogen) atoms. The Morgan fingerprint density at radius 1 is 1.58 bits per heavy atom. The zero-order chi connectivity index (χ0) is 14.4. The number of carbonyl (C=O) groups excluding carboxylic acids is 1. The highest BCUT2D eigenvalue weighted by Gasteiger charge is 2.12. The Hall–Kier alpha value is -1.47. The molecule has 1 aromatic rings. The van der Waals surface area contributed by atoms with Crippen LogP contribution in [0.4, 0.5) is 16.2 Å². The number of carbonyl (C=O) groups is 1. The lowest BCUT2D eigenvalue weighted by atomic mass is 10.3. The van der Waals surface area contributed by atoms with Gasteiger partial charge in [-0.05, 0) is 12.3 Å². The second-order valence-corrected chi connectivity index (χ2v) is 5.49. The first-order valence-corrected chi connectivity index (χ1v) is 7.12. The molecule has 8 heteroatoms. The van der Waals surface area contributed by atoms with Crippen molar-refractivity contribution in [2.24, 2.45) is 0 Å². The minimum Gasteiger partial charge on any atom is -0.337 e. The third kappa shape index (κ3) is 4.96. The standard InChI is InChI=1S/C11H14ClN3O3S/c1-7(19-2)6-13-11(16)14-10-5-8(15(17)18)3-4-9(10)12/h3-5,7H,6H2,1-2H3,(H2,13,14,16). The Morgan fingerprint density at radius 2 is 2.26 bits per heavy atom. The van der Waals surface area contributed by atoms with Crippen LogP contribution < -0.4 is 10.6 Å². The van der Waals surface area contributed by atoms with Gasteiger partial charge in [-0.15, -0.1) is 0 Å². The fraction of sp³-hybridized carbons (Fsp3) is 0.364. The van der Waals surface area contributed by atoms with E-state index in [1.165, 1.54) is 18.2 Å². The van der Waals surface area contributed by atoms with Crippen molar-refractivity contribution in [1.29, 1.82) is 0 Å². The molecule has 0 radical (unpaired) electrons. The van der Waals surface area contributed by atoms with E-state index in [0.717, 1.165) is 0 Å². The second kappa shape index (κ2) is 7.20. The van der Waals surface area contributed by atoms with E-state index in [1.54, 1.807) is 11.8 Å². The second-order valence-electron chi connectivity index (χ2n) is 3.80. The number of hydrogen-bond donors (Lipinski definition) is 2. The van der Waals surface area contributed by atoms with Crippen molar-refractivity contribution in [2.75, 3.05) is 18.1 Å². The van der Waals surface area contributed by atoms with E-state index in [2.05, 4.69) is 10.6 Å². The molecule has 2 amide bonds. The van der Waals surface area contributed by atoms with Gasteiger partial charge in [0.15, 0.2) is 0 Å². The van der Waals surface area contributed by atoms with Gasteiger partial charge in [-0.2, -0.15) is 11.8 Å². The predicted molar refractivity (Wildman–Crippen MR) is 78.1 cm³/mol. The summed E-state index contributed by atoms with van der Waals surface area (Å²) in [5.74, 6) is 0. The van der Waals surface area contributed by atoms with Crippen molar-refractivity contribution in [1.82, 2.24) is 5.32 Å².